The van der Waals surface area contributed by atoms with Crippen molar-refractivity contribution in [3.05, 3.63) is 86.9 Å². The Kier molecular flexibility index (Phi) is 5.09. The van der Waals surface area contributed by atoms with Gasteiger partial charge in [-0.25, -0.2) is 4.98 Å². The Morgan fingerprint density at radius 3 is 2.68 bits per heavy atom. The number of nitrogens with zero attached hydrogens (tertiary/aromatic N) is 2. The minimum Gasteiger partial charge on any atom is -0.368 e. The molecular weight excluding hydrogens is 432 g/mol. The maximum absolute atomic E-state index is 12.7. The molecule has 2 aromatic carbocycles. The number of halogens is 1. The zero-order valence-corrected chi connectivity index (χ0v) is 18.0. The Morgan fingerprint density at radius 2 is 1.94 bits per heavy atom. The van der Waals surface area contributed by atoms with Crippen molar-refractivity contribution in [2.24, 2.45) is 5.73 Å². The van der Waals surface area contributed by atoms with Crippen LogP contribution in [0.25, 0.3) is 20.7 Å². The molecule has 1 aliphatic heterocycles. The van der Waals surface area contributed by atoms with Crippen molar-refractivity contribution in [3.63, 3.8) is 0 Å². The molecule has 0 bridgehead atoms. The number of aromatic amines is 1. The minimum absolute atomic E-state index is 0.182. The predicted molar refractivity (Wildman–Crippen MR) is 123 cm³/mol. The number of H-pyrrole nitrogens is 1. The lowest BCUT2D eigenvalue weighted by molar-refractivity contribution is -0.124. The van der Waals surface area contributed by atoms with E-state index >= 15 is 0 Å². The van der Waals surface area contributed by atoms with Gasteiger partial charge in [-0.2, -0.15) is 0 Å². The van der Waals surface area contributed by atoms with Crippen LogP contribution in [0, 0.1) is 0 Å². The first kappa shape index (κ1) is 19.9. The number of thiophene rings is 1. The van der Waals surface area contributed by atoms with Gasteiger partial charge in [-0.3, -0.25) is 14.5 Å². The van der Waals surface area contributed by atoms with Crippen molar-refractivity contribution < 1.29 is 4.79 Å². The van der Waals surface area contributed by atoms with E-state index in [2.05, 4.69) is 16.0 Å². The van der Waals surface area contributed by atoms with Crippen LogP contribution in [0.4, 0.5) is 0 Å². The minimum atomic E-state index is -0.442. The fourth-order valence-corrected chi connectivity index (χ4v) is 5.16. The van der Waals surface area contributed by atoms with Crippen LogP contribution in [-0.4, -0.2) is 26.8 Å². The van der Waals surface area contributed by atoms with E-state index in [0.29, 0.717) is 40.6 Å². The highest BCUT2D eigenvalue weighted by molar-refractivity contribution is 7.22. The van der Waals surface area contributed by atoms with E-state index in [1.54, 1.807) is 0 Å². The number of hydrogen-bond acceptors (Lipinski definition) is 5. The highest BCUT2D eigenvalue weighted by Crippen LogP contribution is 2.32. The van der Waals surface area contributed by atoms with Crippen LogP contribution >= 0.6 is 22.9 Å². The molecule has 3 N–H and O–H groups in total. The fourth-order valence-electron chi connectivity index (χ4n) is 4.04. The van der Waals surface area contributed by atoms with Crippen molar-refractivity contribution in [3.8, 4) is 10.4 Å². The summed E-state index contributed by atoms with van der Waals surface area (Å²) in [4.78, 5) is 35.3. The van der Waals surface area contributed by atoms with E-state index in [1.165, 1.54) is 11.3 Å². The number of amides is 1. The van der Waals surface area contributed by atoms with Gasteiger partial charge >= 0.3 is 0 Å². The average molecular weight is 451 g/mol. The topological polar surface area (TPSA) is 92.1 Å². The summed E-state index contributed by atoms with van der Waals surface area (Å²) in [7, 11) is 0. The van der Waals surface area contributed by atoms with Crippen molar-refractivity contribution >= 4 is 39.1 Å². The molecule has 2 aromatic heterocycles. The third-order valence-electron chi connectivity index (χ3n) is 5.59. The number of benzene rings is 2. The molecule has 3 heterocycles. The highest BCUT2D eigenvalue weighted by atomic mass is 35.5. The van der Waals surface area contributed by atoms with Gasteiger partial charge in [0.2, 0.25) is 5.91 Å². The van der Waals surface area contributed by atoms with E-state index in [1.807, 2.05) is 53.4 Å². The number of nitrogens with two attached hydrogens (primary N) is 1. The van der Waals surface area contributed by atoms with Crippen molar-refractivity contribution in [1.82, 2.24) is 14.9 Å². The van der Waals surface area contributed by atoms with Gasteiger partial charge in [-0.05, 0) is 41.3 Å². The molecular formula is C23H19ClN4O2S. The van der Waals surface area contributed by atoms with Crippen LogP contribution in [0.5, 0.6) is 0 Å². The van der Waals surface area contributed by atoms with Crippen LogP contribution in [0.1, 0.15) is 17.0 Å². The molecule has 0 radical (unpaired) electrons. The molecule has 5 rings (SSSR count). The Morgan fingerprint density at radius 1 is 1.19 bits per heavy atom. The van der Waals surface area contributed by atoms with Crippen molar-refractivity contribution in [1.29, 1.82) is 0 Å². The second kappa shape index (κ2) is 7.92. The molecule has 0 unspecified atom stereocenters. The quantitative estimate of drug-likeness (QED) is 0.495. The second-order valence-corrected chi connectivity index (χ2v) is 9.13. The van der Waals surface area contributed by atoms with E-state index in [9.17, 15) is 9.59 Å². The Balaban J connectivity index is 1.48. The van der Waals surface area contributed by atoms with Gasteiger partial charge in [-0.15, -0.1) is 11.3 Å². The van der Waals surface area contributed by atoms with Gasteiger partial charge in [0.25, 0.3) is 5.56 Å². The van der Waals surface area contributed by atoms with Gasteiger partial charge in [0.15, 0.2) is 0 Å². The molecule has 156 valence electrons. The lowest BCUT2D eigenvalue weighted by Gasteiger charge is -2.34. The van der Waals surface area contributed by atoms with Crippen LogP contribution in [-0.2, 0) is 24.3 Å². The molecule has 31 heavy (non-hydrogen) atoms. The molecule has 4 aromatic rings. The number of primary amides is 1. The largest absolute Gasteiger partial charge is 0.368 e. The second-order valence-electron chi connectivity index (χ2n) is 7.64. The van der Waals surface area contributed by atoms with Gasteiger partial charge in [0.05, 0.1) is 18.1 Å². The maximum Gasteiger partial charge on any atom is 0.268 e. The van der Waals surface area contributed by atoms with Gasteiger partial charge < -0.3 is 10.7 Å². The summed E-state index contributed by atoms with van der Waals surface area (Å²) in [5, 5.41) is 0.662. The summed E-state index contributed by atoms with van der Waals surface area (Å²) in [5.41, 5.74) is 9.41. The SMILES string of the molecule is NC(=O)[C@H]1Cc2ccccc2CN1Cc1nc2cc(-c3ccc(Cl)cc3)sc2c(=O)[nH]1. The number of fused-ring (bicyclic) bond motifs is 2. The van der Waals surface area contributed by atoms with Gasteiger partial charge in [-0.1, -0.05) is 48.0 Å². The van der Waals surface area contributed by atoms with Crippen molar-refractivity contribution in [2.75, 3.05) is 0 Å². The first-order chi connectivity index (χ1) is 15.0. The molecule has 0 spiro atoms. The molecule has 0 saturated carbocycles. The van der Waals surface area contributed by atoms with Crippen LogP contribution in [0.2, 0.25) is 5.02 Å². The number of carbonyl (C=O) groups is 1. The van der Waals surface area contributed by atoms with E-state index < -0.39 is 6.04 Å². The smallest absolute Gasteiger partial charge is 0.268 e. The first-order valence-electron chi connectivity index (χ1n) is 9.87. The number of carbonyl (C=O) groups excluding carboxylic acids is 1. The third-order valence-corrected chi connectivity index (χ3v) is 7.01. The van der Waals surface area contributed by atoms with Crippen LogP contribution in [0.3, 0.4) is 0 Å². The number of hydrogen-bond donors (Lipinski definition) is 2. The molecule has 0 aliphatic carbocycles. The van der Waals surface area contributed by atoms with Crippen molar-refractivity contribution in [2.45, 2.75) is 25.6 Å². The first-order valence-corrected chi connectivity index (χ1v) is 11.1. The third kappa shape index (κ3) is 3.87. The fraction of sp³-hybridized carbons (Fsp3) is 0.174. The lowest BCUT2D eigenvalue weighted by atomic mass is 9.93. The summed E-state index contributed by atoms with van der Waals surface area (Å²) in [6.45, 7) is 0.907. The van der Waals surface area contributed by atoms with Gasteiger partial charge in [0, 0.05) is 16.4 Å². The number of aromatic nitrogens is 2. The molecule has 1 atom stereocenters. The lowest BCUT2D eigenvalue weighted by Crippen LogP contribution is -2.48. The molecule has 1 amide bonds. The average Bonchev–Trinajstić information content (AvgIpc) is 3.18. The van der Waals surface area contributed by atoms with Gasteiger partial charge in [0.1, 0.15) is 10.5 Å². The predicted octanol–water partition coefficient (Wildman–Crippen LogP) is 3.72. The van der Waals surface area contributed by atoms with E-state index in [-0.39, 0.29) is 11.5 Å². The Bertz CT molecular complexity index is 1350. The van der Waals surface area contributed by atoms with E-state index in [4.69, 9.17) is 17.3 Å². The standard InChI is InChI=1S/C23H19ClN4O2S/c24-16-7-5-13(6-8-16)19-10-17-21(31-19)23(30)27-20(26-17)12-28-11-15-4-2-1-3-14(15)9-18(28)22(25)29/h1-8,10,18H,9,11-12H2,(H2,25,29)(H,26,27,30)/t18-/m1/s1. The number of rotatable bonds is 4. The molecule has 0 fully saturated rings. The summed E-state index contributed by atoms with van der Waals surface area (Å²) in [6, 6.07) is 17.0. The summed E-state index contributed by atoms with van der Waals surface area (Å²) >= 11 is 7.38. The number of nitrogens with one attached hydrogen (secondary N) is 1. The maximum atomic E-state index is 12.7. The summed E-state index contributed by atoms with van der Waals surface area (Å²) in [6.07, 6.45) is 0.553. The molecule has 6 nitrogen and oxygen atoms in total. The van der Waals surface area contributed by atoms with E-state index in [0.717, 1.165) is 21.6 Å². The summed E-state index contributed by atoms with van der Waals surface area (Å²) < 4.78 is 0.573. The monoisotopic (exact) mass is 450 g/mol. The normalized spacial score (nSPS) is 16.4. The Labute approximate surface area is 187 Å². The molecule has 1 aliphatic rings. The summed E-state index contributed by atoms with van der Waals surface area (Å²) in [5.74, 6) is 0.141. The zero-order valence-electron chi connectivity index (χ0n) is 16.5. The molecule has 8 heteroatoms. The Hall–Kier alpha value is -3.00. The van der Waals surface area contributed by atoms with Crippen LogP contribution < -0.4 is 11.3 Å². The van der Waals surface area contributed by atoms with Crippen LogP contribution in [0.15, 0.2) is 59.4 Å². The molecule has 0 saturated heterocycles. The highest BCUT2D eigenvalue weighted by Gasteiger charge is 2.30. The zero-order chi connectivity index (χ0) is 21.5.